The Bertz CT molecular complexity index is 791. The van der Waals surface area contributed by atoms with Crippen LogP contribution < -0.4 is 10.2 Å². The molecule has 1 aromatic carbocycles. The van der Waals surface area contributed by atoms with E-state index in [9.17, 15) is 9.59 Å². The largest absolute Gasteiger partial charge is 0.381 e. The third-order valence-corrected chi connectivity index (χ3v) is 5.41. The molecule has 27 heavy (non-hydrogen) atoms. The topological polar surface area (TPSA) is 84.4 Å². The molecule has 2 amide bonds. The first-order valence-corrected chi connectivity index (χ1v) is 10.0. The van der Waals surface area contributed by atoms with E-state index in [1.54, 1.807) is 4.90 Å². The van der Waals surface area contributed by atoms with Gasteiger partial charge in [0, 0.05) is 31.7 Å². The Morgan fingerprint density at radius 1 is 1.30 bits per heavy atom. The molecule has 1 N–H and O–H groups in total. The first-order valence-electron chi connectivity index (χ1n) is 9.21. The molecule has 2 heterocycles. The molecule has 1 saturated heterocycles. The molecule has 3 rings (SSSR count). The van der Waals surface area contributed by atoms with Crippen LogP contribution in [0, 0.1) is 5.92 Å². The molecule has 0 radical (unpaired) electrons. The number of hydrogen-bond acceptors (Lipinski definition) is 6. The molecule has 1 atom stereocenters. The standard InChI is InChI=1S/C19H24N4O3S/c1-3-13-5-7-15(8-6-13)23-12-14(11-17(23)24)18(25)20-19-22-21-16(27-19)9-10-26-4-2/h5-8,14H,3-4,9-12H2,1-2H3,(H,20,22,25)/t14-/m0/s1. The van der Waals surface area contributed by atoms with Gasteiger partial charge in [-0.2, -0.15) is 0 Å². The van der Waals surface area contributed by atoms with Crippen molar-refractivity contribution in [3.63, 3.8) is 0 Å². The van der Waals surface area contributed by atoms with Gasteiger partial charge in [0.05, 0.1) is 12.5 Å². The molecule has 0 aliphatic carbocycles. The highest BCUT2D eigenvalue weighted by Crippen LogP contribution is 2.27. The smallest absolute Gasteiger partial charge is 0.231 e. The van der Waals surface area contributed by atoms with Crippen molar-refractivity contribution >= 4 is 34.0 Å². The molecular weight excluding hydrogens is 364 g/mol. The fourth-order valence-corrected chi connectivity index (χ4v) is 3.68. The maximum absolute atomic E-state index is 12.5. The van der Waals surface area contributed by atoms with Crippen LogP contribution >= 0.6 is 11.3 Å². The van der Waals surface area contributed by atoms with Gasteiger partial charge < -0.3 is 15.0 Å². The SMILES string of the molecule is CCOCCc1nnc(NC(=O)[C@H]2CC(=O)N(c3ccc(CC)cc3)C2)s1. The summed E-state index contributed by atoms with van der Waals surface area (Å²) in [6.45, 7) is 5.66. The van der Waals surface area contributed by atoms with Gasteiger partial charge >= 0.3 is 0 Å². The highest BCUT2D eigenvalue weighted by molar-refractivity contribution is 7.15. The molecular formula is C19H24N4O3S. The minimum absolute atomic E-state index is 0.0333. The number of nitrogens with one attached hydrogen (secondary N) is 1. The number of rotatable bonds is 8. The second-order valence-electron chi connectivity index (χ2n) is 6.36. The van der Waals surface area contributed by atoms with Crippen molar-refractivity contribution in [3.05, 3.63) is 34.8 Å². The Kier molecular flexibility index (Phi) is 6.52. The van der Waals surface area contributed by atoms with Gasteiger partial charge in [0.25, 0.3) is 0 Å². The van der Waals surface area contributed by atoms with Gasteiger partial charge in [0.2, 0.25) is 16.9 Å². The van der Waals surface area contributed by atoms with E-state index >= 15 is 0 Å². The van der Waals surface area contributed by atoms with E-state index < -0.39 is 0 Å². The first kappa shape index (κ1) is 19.4. The normalized spacial score (nSPS) is 16.7. The Hall–Kier alpha value is -2.32. The molecule has 0 bridgehead atoms. The zero-order valence-electron chi connectivity index (χ0n) is 15.6. The van der Waals surface area contributed by atoms with E-state index in [4.69, 9.17) is 4.74 Å². The van der Waals surface area contributed by atoms with Gasteiger partial charge in [0.1, 0.15) is 5.01 Å². The Balaban J connectivity index is 1.57. The average molecular weight is 388 g/mol. The second-order valence-corrected chi connectivity index (χ2v) is 7.42. The summed E-state index contributed by atoms with van der Waals surface area (Å²) in [6.07, 6.45) is 1.83. The van der Waals surface area contributed by atoms with Gasteiger partial charge in [-0.25, -0.2) is 0 Å². The summed E-state index contributed by atoms with van der Waals surface area (Å²) < 4.78 is 5.30. The molecule has 0 unspecified atom stereocenters. The molecule has 1 fully saturated rings. The summed E-state index contributed by atoms with van der Waals surface area (Å²) in [7, 11) is 0. The van der Waals surface area contributed by atoms with Crippen molar-refractivity contribution < 1.29 is 14.3 Å². The number of benzene rings is 1. The zero-order valence-corrected chi connectivity index (χ0v) is 16.4. The van der Waals surface area contributed by atoms with Crippen molar-refractivity contribution in [1.82, 2.24) is 10.2 Å². The predicted octanol–water partition coefficient (Wildman–Crippen LogP) is 2.67. The van der Waals surface area contributed by atoms with E-state index in [-0.39, 0.29) is 24.2 Å². The highest BCUT2D eigenvalue weighted by atomic mass is 32.1. The molecule has 1 aromatic heterocycles. The Morgan fingerprint density at radius 2 is 2.07 bits per heavy atom. The van der Waals surface area contributed by atoms with Crippen molar-refractivity contribution in [2.75, 3.05) is 30.0 Å². The van der Waals surface area contributed by atoms with Crippen LogP contribution in [0.15, 0.2) is 24.3 Å². The van der Waals surface area contributed by atoms with Crippen LogP contribution in [0.25, 0.3) is 0 Å². The van der Waals surface area contributed by atoms with Crippen LogP contribution in [0.5, 0.6) is 0 Å². The first-order chi connectivity index (χ1) is 13.1. The van der Waals surface area contributed by atoms with Gasteiger partial charge in [-0.3, -0.25) is 9.59 Å². The lowest BCUT2D eigenvalue weighted by Gasteiger charge is -2.17. The maximum Gasteiger partial charge on any atom is 0.231 e. The van der Waals surface area contributed by atoms with E-state index in [0.29, 0.717) is 31.3 Å². The van der Waals surface area contributed by atoms with E-state index in [1.165, 1.54) is 16.9 Å². The van der Waals surface area contributed by atoms with E-state index in [0.717, 1.165) is 17.1 Å². The number of amides is 2. The van der Waals surface area contributed by atoms with Crippen molar-refractivity contribution in [2.45, 2.75) is 33.1 Å². The van der Waals surface area contributed by atoms with Gasteiger partial charge in [-0.15, -0.1) is 10.2 Å². The van der Waals surface area contributed by atoms with Crippen molar-refractivity contribution in [2.24, 2.45) is 5.92 Å². The summed E-state index contributed by atoms with van der Waals surface area (Å²) in [4.78, 5) is 26.6. The third kappa shape index (κ3) is 4.90. The van der Waals surface area contributed by atoms with Gasteiger partial charge in [-0.05, 0) is 31.0 Å². The monoisotopic (exact) mass is 388 g/mol. The van der Waals surface area contributed by atoms with Crippen LogP contribution in [0.3, 0.4) is 0 Å². The lowest BCUT2D eigenvalue weighted by Crippen LogP contribution is -2.28. The van der Waals surface area contributed by atoms with Crippen LogP contribution in [0.1, 0.15) is 30.8 Å². The Morgan fingerprint density at radius 3 is 2.78 bits per heavy atom. The lowest BCUT2D eigenvalue weighted by molar-refractivity contribution is -0.122. The minimum atomic E-state index is -0.390. The molecule has 144 valence electrons. The Labute approximate surface area is 162 Å². The molecule has 0 saturated carbocycles. The second kappa shape index (κ2) is 9.05. The van der Waals surface area contributed by atoms with Crippen LogP contribution in [0.4, 0.5) is 10.8 Å². The summed E-state index contributed by atoms with van der Waals surface area (Å²) in [5, 5.41) is 12.1. The fraction of sp³-hybridized carbons (Fsp3) is 0.474. The van der Waals surface area contributed by atoms with Gasteiger partial charge in [-0.1, -0.05) is 30.4 Å². The molecule has 8 heteroatoms. The number of hydrogen-bond donors (Lipinski definition) is 1. The van der Waals surface area contributed by atoms with Crippen molar-refractivity contribution in [3.8, 4) is 0 Å². The van der Waals surface area contributed by atoms with Crippen LogP contribution in [-0.4, -0.2) is 41.8 Å². The maximum atomic E-state index is 12.5. The molecule has 1 aliphatic heterocycles. The predicted molar refractivity (Wildman–Crippen MR) is 105 cm³/mol. The molecule has 7 nitrogen and oxygen atoms in total. The number of aromatic nitrogens is 2. The number of carbonyl (C=O) groups excluding carboxylic acids is 2. The zero-order chi connectivity index (χ0) is 19.2. The quantitative estimate of drug-likeness (QED) is 0.703. The van der Waals surface area contributed by atoms with Crippen LogP contribution in [0.2, 0.25) is 0 Å². The van der Waals surface area contributed by atoms with Crippen LogP contribution in [-0.2, 0) is 27.2 Å². The number of nitrogens with zero attached hydrogens (tertiary/aromatic N) is 3. The summed E-state index contributed by atoms with van der Waals surface area (Å²) in [5.74, 6) is -0.614. The molecule has 0 spiro atoms. The molecule has 1 aliphatic rings. The number of ether oxygens (including phenoxy) is 1. The van der Waals surface area contributed by atoms with E-state index in [1.807, 2.05) is 31.2 Å². The van der Waals surface area contributed by atoms with E-state index in [2.05, 4.69) is 22.4 Å². The number of carbonyl (C=O) groups is 2. The average Bonchev–Trinajstić information content (AvgIpc) is 3.28. The van der Waals surface area contributed by atoms with Crippen molar-refractivity contribution in [1.29, 1.82) is 0 Å². The lowest BCUT2D eigenvalue weighted by atomic mass is 10.1. The van der Waals surface area contributed by atoms with Gasteiger partial charge in [0.15, 0.2) is 0 Å². The third-order valence-electron chi connectivity index (χ3n) is 4.51. The highest BCUT2D eigenvalue weighted by Gasteiger charge is 2.35. The minimum Gasteiger partial charge on any atom is -0.381 e. The summed E-state index contributed by atoms with van der Waals surface area (Å²) in [5.41, 5.74) is 2.05. The molecule has 2 aromatic rings. The summed E-state index contributed by atoms with van der Waals surface area (Å²) >= 11 is 1.34. The summed E-state index contributed by atoms with van der Waals surface area (Å²) in [6, 6.07) is 7.90. The number of anilines is 2. The number of aryl methyl sites for hydroxylation is 1. The fourth-order valence-electron chi connectivity index (χ4n) is 2.96.